The molecule has 92 valence electrons. The van der Waals surface area contributed by atoms with Gasteiger partial charge in [0, 0.05) is 6.54 Å². The van der Waals surface area contributed by atoms with Crippen molar-refractivity contribution < 1.29 is 0 Å². The summed E-state index contributed by atoms with van der Waals surface area (Å²) in [5, 5.41) is 12.5. The van der Waals surface area contributed by atoms with Gasteiger partial charge in [-0.2, -0.15) is 5.26 Å². The van der Waals surface area contributed by atoms with Gasteiger partial charge >= 0.3 is 0 Å². The summed E-state index contributed by atoms with van der Waals surface area (Å²) in [5.41, 5.74) is 2.77. The minimum Gasteiger partial charge on any atom is -0.384 e. The van der Waals surface area contributed by atoms with Crippen LogP contribution >= 0.6 is 0 Å². The number of hydrogen-bond acceptors (Lipinski definition) is 2. The molecular formula is C15H22N2. The van der Waals surface area contributed by atoms with Crippen LogP contribution in [0.25, 0.3) is 0 Å². The van der Waals surface area contributed by atoms with E-state index in [0.717, 1.165) is 29.3 Å². The molecule has 0 heterocycles. The normalized spacial score (nSPS) is 12.2. The van der Waals surface area contributed by atoms with Gasteiger partial charge in [0.2, 0.25) is 0 Å². The molecule has 0 aromatic heterocycles. The summed E-state index contributed by atoms with van der Waals surface area (Å²) in [7, 11) is 0. The van der Waals surface area contributed by atoms with Crippen molar-refractivity contribution in [3.63, 3.8) is 0 Å². The van der Waals surface area contributed by atoms with Crippen LogP contribution in [0.2, 0.25) is 0 Å². The topological polar surface area (TPSA) is 35.8 Å². The van der Waals surface area contributed by atoms with Crippen molar-refractivity contribution in [3.05, 3.63) is 29.3 Å². The van der Waals surface area contributed by atoms with E-state index in [1.54, 1.807) is 0 Å². The third-order valence-corrected chi connectivity index (χ3v) is 2.90. The Balaban J connectivity index is 2.64. The molecule has 1 unspecified atom stereocenters. The molecule has 0 spiro atoms. The van der Waals surface area contributed by atoms with E-state index in [9.17, 15) is 0 Å². The van der Waals surface area contributed by atoms with Crippen molar-refractivity contribution in [2.24, 2.45) is 11.8 Å². The zero-order valence-corrected chi connectivity index (χ0v) is 11.2. The molecule has 0 aliphatic rings. The van der Waals surface area contributed by atoms with Crippen molar-refractivity contribution in [1.29, 1.82) is 5.26 Å². The molecule has 0 aliphatic heterocycles. The van der Waals surface area contributed by atoms with Gasteiger partial charge in [-0.15, -0.1) is 0 Å². The second kappa shape index (κ2) is 6.30. The molecule has 1 aromatic carbocycles. The lowest BCUT2D eigenvalue weighted by molar-refractivity contribution is 0.455. The fraction of sp³-hybridized carbons (Fsp3) is 0.533. The van der Waals surface area contributed by atoms with Gasteiger partial charge in [0.05, 0.1) is 11.3 Å². The molecule has 0 bridgehead atoms. The highest BCUT2D eigenvalue weighted by atomic mass is 14.9. The Kier molecular flexibility index (Phi) is 5.03. The van der Waals surface area contributed by atoms with Crippen molar-refractivity contribution in [2.45, 2.75) is 34.1 Å². The molecule has 0 radical (unpaired) electrons. The molecule has 0 saturated heterocycles. The predicted octanol–water partition coefficient (Wildman–Crippen LogP) is 3.96. The fourth-order valence-corrected chi connectivity index (χ4v) is 2.14. The summed E-state index contributed by atoms with van der Waals surface area (Å²) < 4.78 is 0. The highest BCUT2D eigenvalue weighted by Gasteiger charge is 2.08. The van der Waals surface area contributed by atoms with Gasteiger partial charge in [0.15, 0.2) is 0 Å². The predicted molar refractivity (Wildman–Crippen MR) is 73.0 cm³/mol. The summed E-state index contributed by atoms with van der Waals surface area (Å²) in [6.45, 7) is 9.63. The Bertz CT molecular complexity index is 402. The van der Waals surface area contributed by atoms with Gasteiger partial charge < -0.3 is 5.32 Å². The van der Waals surface area contributed by atoms with Crippen LogP contribution in [0.1, 0.15) is 38.3 Å². The highest BCUT2D eigenvalue weighted by Crippen LogP contribution is 2.19. The van der Waals surface area contributed by atoms with Crippen LogP contribution in [0.4, 0.5) is 5.69 Å². The Morgan fingerprint density at radius 2 is 2.00 bits per heavy atom. The van der Waals surface area contributed by atoms with Crippen molar-refractivity contribution in [3.8, 4) is 6.07 Å². The van der Waals surface area contributed by atoms with Gasteiger partial charge in [-0.05, 0) is 36.8 Å². The van der Waals surface area contributed by atoms with Crippen LogP contribution < -0.4 is 5.32 Å². The first-order valence-electron chi connectivity index (χ1n) is 6.28. The van der Waals surface area contributed by atoms with Crippen LogP contribution in [0.15, 0.2) is 18.2 Å². The third-order valence-electron chi connectivity index (χ3n) is 2.90. The Morgan fingerprint density at radius 1 is 1.29 bits per heavy atom. The van der Waals surface area contributed by atoms with Crippen LogP contribution in [0, 0.1) is 30.1 Å². The molecule has 1 atom stereocenters. The summed E-state index contributed by atoms with van der Waals surface area (Å²) in [6.07, 6.45) is 1.21. The van der Waals surface area contributed by atoms with Crippen LogP contribution in [-0.2, 0) is 0 Å². The maximum Gasteiger partial charge on any atom is 0.102 e. The van der Waals surface area contributed by atoms with Gasteiger partial charge in [0.1, 0.15) is 6.07 Å². The second-order valence-electron chi connectivity index (χ2n) is 5.22. The van der Waals surface area contributed by atoms with Crippen LogP contribution in [0.3, 0.4) is 0 Å². The van der Waals surface area contributed by atoms with Crippen LogP contribution in [0.5, 0.6) is 0 Å². The lowest BCUT2D eigenvalue weighted by Gasteiger charge is -2.16. The first-order chi connectivity index (χ1) is 8.04. The maximum absolute atomic E-state index is 9.12. The smallest absolute Gasteiger partial charge is 0.102 e. The summed E-state index contributed by atoms with van der Waals surface area (Å²) in [4.78, 5) is 0. The first-order valence-corrected chi connectivity index (χ1v) is 6.28. The Morgan fingerprint density at radius 3 is 2.59 bits per heavy atom. The summed E-state index contributed by atoms with van der Waals surface area (Å²) in [5.74, 6) is 1.35. The van der Waals surface area contributed by atoms with E-state index in [-0.39, 0.29) is 0 Å². The average Bonchev–Trinajstić information content (AvgIpc) is 2.25. The van der Waals surface area contributed by atoms with Crippen molar-refractivity contribution >= 4 is 5.69 Å². The fourth-order valence-electron chi connectivity index (χ4n) is 2.14. The van der Waals surface area contributed by atoms with E-state index in [1.807, 2.05) is 25.1 Å². The number of benzene rings is 1. The number of nitrogens with one attached hydrogen (secondary N) is 1. The molecule has 2 heteroatoms. The third kappa shape index (κ3) is 4.11. The molecular weight excluding hydrogens is 208 g/mol. The minimum absolute atomic E-state index is 0.627. The number of rotatable bonds is 5. The van der Waals surface area contributed by atoms with Crippen molar-refractivity contribution in [1.82, 2.24) is 0 Å². The van der Waals surface area contributed by atoms with Gasteiger partial charge in [0.25, 0.3) is 0 Å². The SMILES string of the molecule is Cc1cccc(NCC(C)CC(C)C)c1C#N. The number of nitriles is 1. The summed E-state index contributed by atoms with van der Waals surface area (Å²) >= 11 is 0. The monoisotopic (exact) mass is 230 g/mol. The number of nitrogens with zero attached hydrogens (tertiary/aromatic N) is 1. The molecule has 0 amide bonds. The largest absolute Gasteiger partial charge is 0.384 e. The van der Waals surface area contributed by atoms with E-state index in [0.29, 0.717) is 5.92 Å². The maximum atomic E-state index is 9.12. The molecule has 1 aromatic rings. The van der Waals surface area contributed by atoms with E-state index >= 15 is 0 Å². The van der Waals surface area contributed by atoms with Gasteiger partial charge in [-0.1, -0.05) is 32.9 Å². The second-order valence-corrected chi connectivity index (χ2v) is 5.22. The van der Waals surface area contributed by atoms with Crippen molar-refractivity contribution in [2.75, 3.05) is 11.9 Å². The number of anilines is 1. The van der Waals surface area contributed by atoms with E-state index in [4.69, 9.17) is 5.26 Å². The lowest BCUT2D eigenvalue weighted by Crippen LogP contribution is -2.14. The highest BCUT2D eigenvalue weighted by molar-refractivity contribution is 5.60. The molecule has 17 heavy (non-hydrogen) atoms. The van der Waals surface area contributed by atoms with Gasteiger partial charge in [-0.25, -0.2) is 0 Å². The minimum atomic E-state index is 0.627. The van der Waals surface area contributed by atoms with Gasteiger partial charge in [-0.3, -0.25) is 0 Å². The van der Waals surface area contributed by atoms with E-state index < -0.39 is 0 Å². The molecule has 1 N–H and O–H groups in total. The molecule has 1 rings (SSSR count). The molecule has 0 aliphatic carbocycles. The Hall–Kier alpha value is -1.49. The zero-order valence-electron chi connectivity index (χ0n) is 11.2. The summed E-state index contributed by atoms with van der Waals surface area (Å²) in [6, 6.07) is 8.21. The zero-order chi connectivity index (χ0) is 12.8. The Labute approximate surface area is 105 Å². The number of hydrogen-bond donors (Lipinski definition) is 1. The lowest BCUT2D eigenvalue weighted by atomic mass is 9.98. The molecule has 0 fully saturated rings. The molecule has 0 saturated carbocycles. The first kappa shape index (κ1) is 13.6. The van der Waals surface area contributed by atoms with Crippen LogP contribution in [-0.4, -0.2) is 6.54 Å². The number of aryl methyl sites for hydroxylation is 1. The standard InChI is InChI=1S/C15H22N2/c1-11(2)8-12(3)10-17-15-7-5-6-13(4)14(15)9-16/h5-7,11-12,17H,8,10H2,1-4H3. The quantitative estimate of drug-likeness (QED) is 0.831. The average molecular weight is 230 g/mol. The van der Waals surface area contributed by atoms with E-state index in [2.05, 4.69) is 32.2 Å². The molecule has 2 nitrogen and oxygen atoms in total. The van der Waals surface area contributed by atoms with E-state index in [1.165, 1.54) is 6.42 Å².